The number of rotatable bonds is 5. The van der Waals surface area contributed by atoms with E-state index in [0.717, 1.165) is 5.69 Å². The Bertz CT molecular complexity index is 766. The van der Waals surface area contributed by atoms with Gasteiger partial charge in [0.25, 0.3) is 5.91 Å². The Balaban J connectivity index is 1.62. The van der Waals surface area contributed by atoms with Crippen LogP contribution in [-0.2, 0) is 0 Å². The number of nitrogens with zero attached hydrogens (tertiary/aromatic N) is 2. The number of nitrogens with one attached hydrogen (secondary N) is 1. The van der Waals surface area contributed by atoms with Crippen molar-refractivity contribution in [3.63, 3.8) is 0 Å². The van der Waals surface area contributed by atoms with Crippen molar-refractivity contribution in [2.75, 3.05) is 6.54 Å². The Morgan fingerprint density at radius 2 is 1.74 bits per heavy atom. The molecular formula is C19H19N3O. The molecule has 0 radical (unpaired) electrons. The molecule has 0 bridgehead atoms. The summed E-state index contributed by atoms with van der Waals surface area (Å²) in [5.74, 6) is 0.166. The number of hydrogen-bond acceptors (Lipinski definition) is 2. The lowest BCUT2D eigenvalue weighted by Gasteiger charge is -2.12. The van der Waals surface area contributed by atoms with Gasteiger partial charge in [0.1, 0.15) is 0 Å². The SMILES string of the molecule is C[C@@H](CNC(=O)c1cnn(-c2ccccc2)c1)c1ccccc1. The van der Waals surface area contributed by atoms with E-state index < -0.39 is 0 Å². The molecule has 0 aliphatic heterocycles. The minimum absolute atomic E-state index is 0.102. The predicted octanol–water partition coefficient (Wildman–Crippen LogP) is 3.41. The summed E-state index contributed by atoms with van der Waals surface area (Å²) in [4.78, 5) is 12.3. The first kappa shape index (κ1) is 15.0. The summed E-state index contributed by atoms with van der Waals surface area (Å²) in [6.07, 6.45) is 3.34. The summed E-state index contributed by atoms with van der Waals surface area (Å²) in [5.41, 5.74) is 2.71. The van der Waals surface area contributed by atoms with Crippen LogP contribution in [0.4, 0.5) is 0 Å². The summed E-state index contributed by atoms with van der Waals surface area (Å²) in [6.45, 7) is 2.70. The molecule has 4 nitrogen and oxygen atoms in total. The fourth-order valence-corrected chi connectivity index (χ4v) is 2.41. The molecule has 0 saturated heterocycles. The van der Waals surface area contributed by atoms with Gasteiger partial charge in [-0.25, -0.2) is 4.68 Å². The van der Waals surface area contributed by atoms with Crippen LogP contribution in [-0.4, -0.2) is 22.2 Å². The minimum atomic E-state index is -0.102. The van der Waals surface area contributed by atoms with Gasteiger partial charge in [0.15, 0.2) is 0 Å². The fraction of sp³-hybridized carbons (Fsp3) is 0.158. The van der Waals surface area contributed by atoms with Crippen LogP contribution in [0.25, 0.3) is 5.69 Å². The van der Waals surface area contributed by atoms with Gasteiger partial charge in [0.05, 0.1) is 17.4 Å². The molecular weight excluding hydrogens is 286 g/mol. The van der Waals surface area contributed by atoms with E-state index >= 15 is 0 Å². The molecule has 0 aliphatic rings. The normalized spacial score (nSPS) is 11.9. The van der Waals surface area contributed by atoms with E-state index in [-0.39, 0.29) is 11.8 Å². The van der Waals surface area contributed by atoms with Gasteiger partial charge in [0, 0.05) is 12.7 Å². The van der Waals surface area contributed by atoms with Crippen molar-refractivity contribution in [3.8, 4) is 5.69 Å². The van der Waals surface area contributed by atoms with E-state index in [2.05, 4.69) is 29.5 Å². The van der Waals surface area contributed by atoms with E-state index in [4.69, 9.17) is 0 Å². The second-order valence-corrected chi connectivity index (χ2v) is 5.53. The van der Waals surface area contributed by atoms with E-state index in [0.29, 0.717) is 12.1 Å². The Hall–Kier alpha value is -2.88. The third kappa shape index (κ3) is 3.66. The third-order valence-corrected chi connectivity index (χ3v) is 3.80. The molecule has 1 amide bonds. The summed E-state index contributed by atoms with van der Waals surface area (Å²) in [5, 5.41) is 7.22. The van der Waals surface area contributed by atoms with Crippen LogP contribution in [0.3, 0.4) is 0 Å². The van der Waals surface area contributed by atoms with E-state index in [1.807, 2.05) is 48.5 Å². The first-order valence-electron chi connectivity index (χ1n) is 7.67. The summed E-state index contributed by atoms with van der Waals surface area (Å²) in [6, 6.07) is 19.9. The van der Waals surface area contributed by atoms with Gasteiger partial charge >= 0.3 is 0 Å². The maximum absolute atomic E-state index is 12.3. The van der Waals surface area contributed by atoms with Crippen molar-refractivity contribution < 1.29 is 4.79 Å². The standard InChI is InChI=1S/C19H19N3O/c1-15(16-8-4-2-5-9-16)12-20-19(23)17-13-21-22(14-17)18-10-6-3-7-11-18/h2-11,13-15H,12H2,1H3,(H,20,23)/t15-/m0/s1. The van der Waals surface area contributed by atoms with Gasteiger partial charge in [-0.2, -0.15) is 5.10 Å². The Kier molecular flexibility index (Phi) is 4.52. The maximum Gasteiger partial charge on any atom is 0.254 e. The van der Waals surface area contributed by atoms with Crippen molar-refractivity contribution in [2.24, 2.45) is 0 Å². The molecule has 4 heteroatoms. The number of para-hydroxylation sites is 1. The van der Waals surface area contributed by atoms with Gasteiger partial charge in [-0.1, -0.05) is 55.5 Å². The van der Waals surface area contributed by atoms with Crippen molar-refractivity contribution in [1.29, 1.82) is 0 Å². The highest BCUT2D eigenvalue weighted by molar-refractivity contribution is 5.93. The second-order valence-electron chi connectivity index (χ2n) is 5.53. The van der Waals surface area contributed by atoms with Crippen LogP contribution in [0.1, 0.15) is 28.8 Å². The highest BCUT2D eigenvalue weighted by atomic mass is 16.1. The molecule has 0 spiro atoms. The molecule has 0 aliphatic carbocycles. The van der Waals surface area contributed by atoms with Gasteiger partial charge in [-0.15, -0.1) is 0 Å². The number of aromatic nitrogens is 2. The van der Waals surface area contributed by atoms with E-state index in [1.165, 1.54) is 5.56 Å². The van der Waals surface area contributed by atoms with E-state index in [1.54, 1.807) is 17.1 Å². The Morgan fingerprint density at radius 3 is 2.43 bits per heavy atom. The largest absolute Gasteiger partial charge is 0.351 e. The molecule has 1 atom stereocenters. The lowest BCUT2D eigenvalue weighted by Crippen LogP contribution is -2.27. The monoisotopic (exact) mass is 305 g/mol. The van der Waals surface area contributed by atoms with Gasteiger partial charge in [-0.3, -0.25) is 4.79 Å². The van der Waals surface area contributed by atoms with Crippen molar-refractivity contribution in [3.05, 3.63) is 84.2 Å². The molecule has 23 heavy (non-hydrogen) atoms. The van der Waals surface area contributed by atoms with Gasteiger partial charge in [-0.05, 0) is 23.6 Å². The number of amides is 1. The molecule has 2 aromatic carbocycles. The van der Waals surface area contributed by atoms with Crippen molar-refractivity contribution >= 4 is 5.91 Å². The fourth-order valence-electron chi connectivity index (χ4n) is 2.41. The number of hydrogen-bond donors (Lipinski definition) is 1. The smallest absolute Gasteiger partial charge is 0.254 e. The van der Waals surface area contributed by atoms with Crippen LogP contribution in [0, 0.1) is 0 Å². The molecule has 3 aromatic rings. The lowest BCUT2D eigenvalue weighted by molar-refractivity contribution is 0.0951. The number of carbonyl (C=O) groups excluding carboxylic acids is 1. The molecule has 116 valence electrons. The lowest BCUT2D eigenvalue weighted by atomic mass is 10.0. The Morgan fingerprint density at radius 1 is 1.09 bits per heavy atom. The zero-order valence-corrected chi connectivity index (χ0v) is 13.0. The first-order chi connectivity index (χ1) is 11.2. The second kappa shape index (κ2) is 6.92. The number of benzene rings is 2. The third-order valence-electron chi connectivity index (χ3n) is 3.80. The Labute approximate surface area is 135 Å². The first-order valence-corrected chi connectivity index (χ1v) is 7.67. The quantitative estimate of drug-likeness (QED) is 0.785. The number of carbonyl (C=O) groups is 1. The van der Waals surface area contributed by atoms with Gasteiger partial charge < -0.3 is 5.32 Å². The predicted molar refractivity (Wildman–Crippen MR) is 90.8 cm³/mol. The van der Waals surface area contributed by atoms with Crippen LogP contribution >= 0.6 is 0 Å². The summed E-state index contributed by atoms with van der Waals surface area (Å²) >= 11 is 0. The average Bonchev–Trinajstić information content (AvgIpc) is 3.11. The zero-order chi connectivity index (χ0) is 16.1. The van der Waals surface area contributed by atoms with Crippen LogP contribution in [0.5, 0.6) is 0 Å². The van der Waals surface area contributed by atoms with E-state index in [9.17, 15) is 4.79 Å². The maximum atomic E-state index is 12.3. The highest BCUT2D eigenvalue weighted by Crippen LogP contribution is 2.13. The molecule has 3 rings (SSSR count). The molecule has 1 N–H and O–H groups in total. The summed E-state index contributed by atoms with van der Waals surface area (Å²) in [7, 11) is 0. The van der Waals surface area contributed by atoms with Crippen LogP contribution < -0.4 is 5.32 Å². The van der Waals surface area contributed by atoms with Crippen molar-refractivity contribution in [2.45, 2.75) is 12.8 Å². The zero-order valence-electron chi connectivity index (χ0n) is 13.0. The molecule has 0 unspecified atom stereocenters. The highest BCUT2D eigenvalue weighted by Gasteiger charge is 2.11. The minimum Gasteiger partial charge on any atom is -0.351 e. The molecule has 0 saturated carbocycles. The topological polar surface area (TPSA) is 46.9 Å². The van der Waals surface area contributed by atoms with Crippen molar-refractivity contribution in [1.82, 2.24) is 15.1 Å². The van der Waals surface area contributed by atoms with Crippen LogP contribution in [0.2, 0.25) is 0 Å². The summed E-state index contributed by atoms with van der Waals surface area (Å²) < 4.78 is 1.70. The molecule has 1 heterocycles. The molecule has 0 fully saturated rings. The average molecular weight is 305 g/mol. The van der Waals surface area contributed by atoms with Gasteiger partial charge in [0.2, 0.25) is 0 Å². The molecule has 1 aromatic heterocycles. The van der Waals surface area contributed by atoms with Crippen LogP contribution in [0.15, 0.2) is 73.1 Å².